The van der Waals surface area contributed by atoms with Gasteiger partial charge in [-0.1, -0.05) is 24.5 Å². The van der Waals surface area contributed by atoms with Gasteiger partial charge in [0.1, 0.15) is 0 Å². The van der Waals surface area contributed by atoms with Crippen molar-refractivity contribution in [1.29, 1.82) is 0 Å². The summed E-state index contributed by atoms with van der Waals surface area (Å²) in [4.78, 5) is 12.4. The molecule has 0 spiro atoms. The first-order chi connectivity index (χ1) is 9.22. The molecule has 0 unspecified atom stereocenters. The van der Waals surface area contributed by atoms with Crippen LogP contribution in [0.1, 0.15) is 54.4 Å². The number of anilines is 1. The van der Waals surface area contributed by atoms with Gasteiger partial charge in [-0.05, 0) is 44.7 Å². The van der Waals surface area contributed by atoms with Crippen molar-refractivity contribution in [2.45, 2.75) is 57.5 Å². The number of rotatable bonds is 4. The van der Waals surface area contributed by atoms with Gasteiger partial charge in [0, 0.05) is 17.8 Å². The molecule has 19 heavy (non-hydrogen) atoms. The third kappa shape index (κ3) is 3.09. The average Bonchev–Trinajstić information content (AvgIpc) is 3.06. The lowest BCUT2D eigenvalue weighted by molar-refractivity contribution is 0.0938. The van der Waals surface area contributed by atoms with Crippen molar-refractivity contribution in [1.82, 2.24) is 5.32 Å². The molecule has 2 saturated carbocycles. The van der Waals surface area contributed by atoms with Crippen LogP contribution in [0.3, 0.4) is 0 Å². The summed E-state index contributed by atoms with van der Waals surface area (Å²) in [5.41, 5.74) is 2.93. The molecule has 0 heterocycles. The second kappa shape index (κ2) is 5.24. The van der Waals surface area contributed by atoms with Gasteiger partial charge in [0.25, 0.3) is 5.91 Å². The minimum atomic E-state index is 0.0822. The number of benzene rings is 1. The first-order valence-electron chi connectivity index (χ1n) is 7.40. The molecule has 2 aliphatic rings. The molecule has 0 saturated heterocycles. The van der Waals surface area contributed by atoms with E-state index >= 15 is 0 Å². The molecule has 0 aliphatic heterocycles. The van der Waals surface area contributed by atoms with Gasteiger partial charge in [0.05, 0.1) is 5.56 Å². The quantitative estimate of drug-likeness (QED) is 0.870. The Labute approximate surface area is 114 Å². The summed E-state index contributed by atoms with van der Waals surface area (Å²) < 4.78 is 0. The van der Waals surface area contributed by atoms with E-state index in [1.165, 1.54) is 25.7 Å². The van der Waals surface area contributed by atoms with Crippen LogP contribution < -0.4 is 10.6 Å². The van der Waals surface area contributed by atoms with Crippen LogP contribution in [0.15, 0.2) is 18.2 Å². The Morgan fingerprint density at radius 3 is 2.53 bits per heavy atom. The average molecular weight is 258 g/mol. The summed E-state index contributed by atoms with van der Waals surface area (Å²) in [6.07, 6.45) is 7.18. The zero-order valence-electron chi connectivity index (χ0n) is 11.5. The summed E-state index contributed by atoms with van der Waals surface area (Å²) in [5, 5.41) is 6.63. The highest BCUT2D eigenvalue weighted by Gasteiger charge is 2.24. The summed E-state index contributed by atoms with van der Waals surface area (Å²) in [6.45, 7) is 2.03. The lowest BCUT2D eigenvalue weighted by Crippen LogP contribution is -2.33. The monoisotopic (exact) mass is 258 g/mol. The molecule has 102 valence electrons. The largest absolute Gasteiger partial charge is 0.382 e. The van der Waals surface area contributed by atoms with E-state index in [0.717, 1.165) is 29.7 Å². The first kappa shape index (κ1) is 12.5. The van der Waals surface area contributed by atoms with Crippen LogP contribution in [0.4, 0.5) is 5.69 Å². The number of aryl methyl sites for hydroxylation is 1. The van der Waals surface area contributed by atoms with Crippen LogP contribution in [0.25, 0.3) is 0 Å². The van der Waals surface area contributed by atoms with Crippen molar-refractivity contribution in [3.05, 3.63) is 29.3 Å². The second-order valence-electron chi connectivity index (χ2n) is 5.92. The fourth-order valence-corrected chi connectivity index (χ4v) is 2.75. The predicted octanol–water partition coefficient (Wildman–Crippen LogP) is 3.24. The molecule has 0 atom stereocenters. The van der Waals surface area contributed by atoms with Gasteiger partial charge >= 0.3 is 0 Å². The summed E-state index contributed by atoms with van der Waals surface area (Å²) in [5.74, 6) is 0.0822. The Bertz CT molecular complexity index is 474. The zero-order chi connectivity index (χ0) is 13.2. The number of amides is 1. The standard InChI is InChI=1S/C16H22N2O/c1-11-6-9-15(17-13-7-8-13)14(10-11)16(19)18-12-4-2-3-5-12/h6,9-10,12-13,17H,2-5,7-8H2,1H3,(H,18,19). The minimum Gasteiger partial charge on any atom is -0.382 e. The maximum absolute atomic E-state index is 12.4. The Hall–Kier alpha value is -1.51. The third-order valence-electron chi connectivity index (χ3n) is 4.05. The number of carbonyl (C=O) groups excluding carboxylic acids is 1. The SMILES string of the molecule is Cc1ccc(NC2CC2)c(C(=O)NC2CCCC2)c1. The minimum absolute atomic E-state index is 0.0822. The highest BCUT2D eigenvalue weighted by molar-refractivity contribution is 6.00. The molecule has 1 amide bonds. The highest BCUT2D eigenvalue weighted by atomic mass is 16.1. The molecule has 2 fully saturated rings. The van der Waals surface area contributed by atoms with E-state index in [4.69, 9.17) is 0 Å². The fourth-order valence-electron chi connectivity index (χ4n) is 2.75. The van der Waals surface area contributed by atoms with E-state index in [9.17, 15) is 4.79 Å². The van der Waals surface area contributed by atoms with E-state index in [-0.39, 0.29) is 5.91 Å². The molecule has 2 aliphatic carbocycles. The Morgan fingerprint density at radius 2 is 1.84 bits per heavy atom. The molecule has 0 bridgehead atoms. The van der Waals surface area contributed by atoms with Crippen LogP contribution in [0, 0.1) is 6.92 Å². The molecule has 0 aromatic heterocycles. The number of carbonyl (C=O) groups is 1. The van der Waals surface area contributed by atoms with Crippen LogP contribution >= 0.6 is 0 Å². The van der Waals surface area contributed by atoms with Crippen molar-refractivity contribution in [3.8, 4) is 0 Å². The van der Waals surface area contributed by atoms with Gasteiger partial charge in [-0.3, -0.25) is 4.79 Å². The smallest absolute Gasteiger partial charge is 0.253 e. The van der Waals surface area contributed by atoms with Gasteiger partial charge in [-0.15, -0.1) is 0 Å². The zero-order valence-corrected chi connectivity index (χ0v) is 11.5. The number of nitrogens with one attached hydrogen (secondary N) is 2. The van der Waals surface area contributed by atoms with Gasteiger partial charge in [-0.2, -0.15) is 0 Å². The maximum Gasteiger partial charge on any atom is 0.253 e. The molecule has 1 aromatic rings. The van der Waals surface area contributed by atoms with Crippen molar-refractivity contribution >= 4 is 11.6 Å². The topological polar surface area (TPSA) is 41.1 Å². The maximum atomic E-state index is 12.4. The van der Waals surface area contributed by atoms with Gasteiger partial charge in [0.2, 0.25) is 0 Å². The van der Waals surface area contributed by atoms with Crippen LogP contribution in [0.5, 0.6) is 0 Å². The summed E-state index contributed by atoms with van der Waals surface area (Å²) >= 11 is 0. The summed E-state index contributed by atoms with van der Waals surface area (Å²) in [6, 6.07) is 7.05. The first-order valence-corrected chi connectivity index (χ1v) is 7.40. The molecule has 1 aromatic carbocycles. The second-order valence-corrected chi connectivity index (χ2v) is 5.92. The van der Waals surface area contributed by atoms with Crippen LogP contribution in [-0.2, 0) is 0 Å². The van der Waals surface area contributed by atoms with Crippen LogP contribution in [0.2, 0.25) is 0 Å². The van der Waals surface area contributed by atoms with E-state index in [2.05, 4.69) is 16.7 Å². The Kier molecular flexibility index (Phi) is 3.45. The van der Waals surface area contributed by atoms with Crippen molar-refractivity contribution in [2.75, 3.05) is 5.32 Å². The molecule has 2 N–H and O–H groups in total. The van der Waals surface area contributed by atoms with Gasteiger partial charge in [-0.25, -0.2) is 0 Å². The van der Waals surface area contributed by atoms with E-state index in [1.807, 2.05) is 19.1 Å². The normalized spacial score (nSPS) is 19.4. The lowest BCUT2D eigenvalue weighted by atomic mass is 10.1. The summed E-state index contributed by atoms with van der Waals surface area (Å²) in [7, 11) is 0. The van der Waals surface area contributed by atoms with E-state index in [1.54, 1.807) is 0 Å². The van der Waals surface area contributed by atoms with Crippen LogP contribution in [-0.4, -0.2) is 18.0 Å². The molecule has 3 nitrogen and oxygen atoms in total. The molecule has 3 rings (SSSR count). The fraction of sp³-hybridized carbons (Fsp3) is 0.562. The number of hydrogen-bond donors (Lipinski definition) is 2. The van der Waals surface area contributed by atoms with Gasteiger partial charge in [0.15, 0.2) is 0 Å². The van der Waals surface area contributed by atoms with Crippen molar-refractivity contribution in [2.24, 2.45) is 0 Å². The highest BCUT2D eigenvalue weighted by Crippen LogP contribution is 2.28. The lowest BCUT2D eigenvalue weighted by Gasteiger charge is -2.16. The van der Waals surface area contributed by atoms with Gasteiger partial charge < -0.3 is 10.6 Å². The molecule has 3 heteroatoms. The molecule has 0 radical (unpaired) electrons. The molecular formula is C16H22N2O. The molecular weight excluding hydrogens is 236 g/mol. The number of hydrogen-bond acceptors (Lipinski definition) is 2. The van der Waals surface area contributed by atoms with E-state index in [0.29, 0.717) is 12.1 Å². The third-order valence-corrected chi connectivity index (χ3v) is 4.05. The Morgan fingerprint density at radius 1 is 1.11 bits per heavy atom. The van der Waals surface area contributed by atoms with Crippen molar-refractivity contribution in [3.63, 3.8) is 0 Å². The van der Waals surface area contributed by atoms with E-state index < -0.39 is 0 Å². The predicted molar refractivity (Wildman–Crippen MR) is 77.5 cm³/mol. The van der Waals surface area contributed by atoms with Crippen molar-refractivity contribution < 1.29 is 4.79 Å². The Balaban J connectivity index is 1.76.